The summed E-state index contributed by atoms with van der Waals surface area (Å²) in [4.78, 5) is 19.0. The zero-order valence-electron chi connectivity index (χ0n) is 21.9. The van der Waals surface area contributed by atoms with E-state index in [1.807, 2.05) is 0 Å². The fourth-order valence-corrected chi connectivity index (χ4v) is 4.62. The molecule has 1 fully saturated rings. The monoisotopic (exact) mass is 540 g/mol. The van der Waals surface area contributed by atoms with Gasteiger partial charge in [-0.25, -0.2) is 9.18 Å². The molecule has 1 N–H and O–H groups in total. The van der Waals surface area contributed by atoms with Gasteiger partial charge in [0.2, 0.25) is 0 Å². The molecule has 9 heteroatoms. The van der Waals surface area contributed by atoms with Gasteiger partial charge in [-0.1, -0.05) is 24.6 Å². The molecular formula is C31H29FN4O4. The minimum Gasteiger partial charge on any atom is -0.492 e. The molecule has 1 aliphatic rings. The lowest BCUT2D eigenvalue weighted by atomic mass is 10.1. The van der Waals surface area contributed by atoms with E-state index in [2.05, 4.69) is 21.3 Å². The number of aromatic nitrogens is 1. The van der Waals surface area contributed by atoms with Gasteiger partial charge in [-0.05, 0) is 68.8 Å². The molecule has 40 heavy (non-hydrogen) atoms. The lowest BCUT2D eigenvalue weighted by Crippen LogP contribution is -2.31. The second-order valence-corrected chi connectivity index (χ2v) is 9.46. The standard InChI is InChI=1S/C31H29FN4O4/c32-26-19-24(10-11-27(26)35-31(37)40-23-8-3-1-4-9-23)39-29-12-13-34-28-20-30(22(21-33)18-25(28)29)38-17-7-16-36-14-5-2-6-15-36/h1,3-4,8-13,18-20H,2,5-7,14-17H2,(H,35,37). The number of hydrogen-bond donors (Lipinski definition) is 1. The van der Waals surface area contributed by atoms with E-state index in [9.17, 15) is 14.4 Å². The number of rotatable bonds is 9. The van der Waals surface area contributed by atoms with Crippen molar-refractivity contribution in [3.05, 3.63) is 84.3 Å². The van der Waals surface area contributed by atoms with Crippen LogP contribution >= 0.6 is 0 Å². The average Bonchev–Trinajstić information content (AvgIpc) is 2.97. The minimum absolute atomic E-state index is 0.0540. The Morgan fingerprint density at radius 2 is 1.82 bits per heavy atom. The molecule has 0 bridgehead atoms. The highest BCUT2D eigenvalue weighted by molar-refractivity contribution is 5.88. The summed E-state index contributed by atoms with van der Waals surface area (Å²) < 4.78 is 31.8. The van der Waals surface area contributed by atoms with Crippen LogP contribution in [-0.4, -0.2) is 42.2 Å². The van der Waals surface area contributed by atoms with Crippen LogP contribution in [0.15, 0.2) is 72.9 Å². The summed E-state index contributed by atoms with van der Waals surface area (Å²) in [6, 6.07) is 19.8. The molecule has 0 spiro atoms. The molecule has 0 unspecified atom stereocenters. The van der Waals surface area contributed by atoms with Crippen LogP contribution in [0.3, 0.4) is 0 Å². The lowest BCUT2D eigenvalue weighted by molar-refractivity contribution is 0.205. The van der Waals surface area contributed by atoms with Crippen molar-refractivity contribution < 1.29 is 23.4 Å². The van der Waals surface area contributed by atoms with Gasteiger partial charge < -0.3 is 19.1 Å². The number of amides is 1. The van der Waals surface area contributed by atoms with Crippen LogP contribution in [0.1, 0.15) is 31.2 Å². The molecule has 3 aromatic carbocycles. The van der Waals surface area contributed by atoms with Crippen molar-refractivity contribution in [2.24, 2.45) is 0 Å². The summed E-state index contributed by atoms with van der Waals surface area (Å²) in [5, 5.41) is 12.7. The normalized spacial score (nSPS) is 13.4. The first-order chi connectivity index (χ1) is 19.6. The first-order valence-corrected chi connectivity index (χ1v) is 13.3. The van der Waals surface area contributed by atoms with Crippen LogP contribution in [0, 0.1) is 17.1 Å². The van der Waals surface area contributed by atoms with E-state index in [4.69, 9.17) is 14.2 Å². The van der Waals surface area contributed by atoms with Crippen molar-refractivity contribution in [3.8, 4) is 29.1 Å². The third kappa shape index (κ3) is 6.84. The molecule has 0 atom stereocenters. The number of nitriles is 1. The molecule has 1 amide bonds. The fraction of sp³-hybridized carbons (Fsp3) is 0.258. The van der Waals surface area contributed by atoms with Crippen LogP contribution in [0.4, 0.5) is 14.9 Å². The van der Waals surface area contributed by atoms with Gasteiger partial charge in [0.15, 0.2) is 5.82 Å². The third-order valence-corrected chi connectivity index (χ3v) is 6.61. The fourth-order valence-electron chi connectivity index (χ4n) is 4.62. The van der Waals surface area contributed by atoms with E-state index in [-0.39, 0.29) is 11.4 Å². The van der Waals surface area contributed by atoms with Crippen LogP contribution in [0.25, 0.3) is 10.9 Å². The Labute approximate surface area is 231 Å². The number of piperidine rings is 1. The summed E-state index contributed by atoms with van der Waals surface area (Å²) in [6.45, 7) is 3.75. The number of carbonyl (C=O) groups is 1. The molecule has 1 aromatic heterocycles. The van der Waals surface area contributed by atoms with Crippen molar-refractivity contribution in [3.63, 3.8) is 0 Å². The summed E-state index contributed by atoms with van der Waals surface area (Å²) >= 11 is 0. The Balaban J connectivity index is 1.25. The number of para-hydroxylation sites is 1. The van der Waals surface area contributed by atoms with E-state index in [1.165, 1.54) is 31.4 Å². The Morgan fingerprint density at radius 1 is 1.00 bits per heavy atom. The quantitative estimate of drug-likeness (QED) is 0.231. The number of fused-ring (bicyclic) bond motifs is 1. The van der Waals surface area contributed by atoms with E-state index in [0.29, 0.717) is 40.3 Å². The number of ether oxygens (including phenoxy) is 3. The molecule has 1 saturated heterocycles. The van der Waals surface area contributed by atoms with Gasteiger partial charge in [0, 0.05) is 30.3 Å². The summed E-state index contributed by atoms with van der Waals surface area (Å²) in [5.41, 5.74) is 0.901. The number of nitrogens with one attached hydrogen (secondary N) is 1. The first kappa shape index (κ1) is 26.9. The van der Waals surface area contributed by atoms with Crippen molar-refractivity contribution >= 4 is 22.7 Å². The highest BCUT2D eigenvalue weighted by Crippen LogP contribution is 2.34. The number of halogens is 1. The maximum absolute atomic E-state index is 14.8. The number of likely N-dealkylation sites (tertiary alicyclic amines) is 1. The maximum Gasteiger partial charge on any atom is 0.417 e. The van der Waals surface area contributed by atoms with Crippen LogP contribution < -0.4 is 19.5 Å². The number of carbonyl (C=O) groups excluding carboxylic acids is 1. The van der Waals surface area contributed by atoms with E-state index in [0.717, 1.165) is 32.1 Å². The summed E-state index contributed by atoms with van der Waals surface area (Å²) in [7, 11) is 0. The SMILES string of the molecule is N#Cc1cc2c(Oc3ccc(NC(=O)Oc4ccccc4)c(F)c3)ccnc2cc1OCCCN1CCCCC1. The number of anilines is 1. The highest BCUT2D eigenvalue weighted by atomic mass is 19.1. The predicted octanol–water partition coefficient (Wildman–Crippen LogP) is 6.90. The molecule has 2 heterocycles. The topological polar surface area (TPSA) is 96.7 Å². The predicted molar refractivity (Wildman–Crippen MR) is 149 cm³/mol. The molecule has 1 aliphatic heterocycles. The van der Waals surface area contributed by atoms with Gasteiger partial charge >= 0.3 is 6.09 Å². The Kier molecular flexibility index (Phi) is 8.69. The largest absolute Gasteiger partial charge is 0.492 e. The molecule has 5 rings (SSSR count). The molecular weight excluding hydrogens is 511 g/mol. The smallest absolute Gasteiger partial charge is 0.417 e. The van der Waals surface area contributed by atoms with Crippen molar-refractivity contribution in [1.82, 2.24) is 9.88 Å². The average molecular weight is 541 g/mol. The van der Waals surface area contributed by atoms with Crippen LogP contribution in [0.2, 0.25) is 0 Å². The minimum atomic E-state index is -0.813. The lowest BCUT2D eigenvalue weighted by Gasteiger charge is -2.26. The molecule has 8 nitrogen and oxygen atoms in total. The Morgan fingerprint density at radius 3 is 2.60 bits per heavy atom. The number of pyridine rings is 1. The number of benzene rings is 3. The van der Waals surface area contributed by atoms with Gasteiger partial charge in [0.1, 0.15) is 29.1 Å². The molecule has 0 aliphatic carbocycles. The van der Waals surface area contributed by atoms with Gasteiger partial charge in [0.25, 0.3) is 0 Å². The molecule has 0 saturated carbocycles. The zero-order valence-corrected chi connectivity index (χ0v) is 21.9. The molecule has 204 valence electrons. The Hall–Kier alpha value is -4.68. The van der Waals surface area contributed by atoms with E-state index >= 15 is 0 Å². The second-order valence-electron chi connectivity index (χ2n) is 9.46. The van der Waals surface area contributed by atoms with Crippen LogP contribution in [0.5, 0.6) is 23.0 Å². The summed E-state index contributed by atoms with van der Waals surface area (Å²) in [6.07, 6.45) is 5.44. The van der Waals surface area contributed by atoms with Gasteiger partial charge in [0.05, 0.1) is 23.4 Å². The Bertz CT molecular complexity index is 1520. The van der Waals surface area contributed by atoms with Crippen molar-refractivity contribution in [2.45, 2.75) is 25.7 Å². The number of hydrogen-bond acceptors (Lipinski definition) is 7. The van der Waals surface area contributed by atoms with Crippen molar-refractivity contribution in [2.75, 3.05) is 31.6 Å². The number of nitrogens with zero attached hydrogens (tertiary/aromatic N) is 3. The summed E-state index contributed by atoms with van der Waals surface area (Å²) in [5.74, 6) is 0.735. The third-order valence-electron chi connectivity index (χ3n) is 6.61. The maximum atomic E-state index is 14.8. The van der Waals surface area contributed by atoms with E-state index < -0.39 is 11.9 Å². The van der Waals surface area contributed by atoms with Gasteiger partial charge in [-0.15, -0.1) is 0 Å². The highest BCUT2D eigenvalue weighted by Gasteiger charge is 2.15. The van der Waals surface area contributed by atoms with Gasteiger partial charge in [-0.3, -0.25) is 10.3 Å². The second kappa shape index (κ2) is 12.9. The zero-order chi connectivity index (χ0) is 27.7. The van der Waals surface area contributed by atoms with Crippen LogP contribution in [-0.2, 0) is 0 Å². The first-order valence-electron chi connectivity index (χ1n) is 13.3. The van der Waals surface area contributed by atoms with Gasteiger partial charge in [-0.2, -0.15) is 5.26 Å². The van der Waals surface area contributed by atoms with E-state index in [1.54, 1.807) is 54.7 Å². The van der Waals surface area contributed by atoms with Crippen molar-refractivity contribution in [1.29, 1.82) is 5.26 Å². The molecule has 4 aromatic rings. The molecule has 0 radical (unpaired) electrons.